The molecule has 6 nitrogen and oxygen atoms in total. The second kappa shape index (κ2) is 10.4. The molecule has 30 heavy (non-hydrogen) atoms. The Morgan fingerprint density at radius 1 is 1.23 bits per heavy atom. The maximum atomic E-state index is 13.3. The van der Waals surface area contributed by atoms with Gasteiger partial charge in [0.1, 0.15) is 18.1 Å². The predicted molar refractivity (Wildman–Crippen MR) is 110 cm³/mol. The van der Waals surface area contributed by atoms with Crippen LogP contribution in [0.5, 0.6) is 0 Å². The van der Waals surface area contributed by atoms with Crippen molar-refractivity contribution in [3.05, 3.63) is 59.8 Å². The minimum Gasteiger partial charge on any atom is -0.467 e. The van der Waals surface area contributed by atoms with Crippen LogP contribution in [0.3, 0.4) is 0 Å². The summed E-state index contributed by atoms with van der Waals surface area (Å²) >= 11 is 0. The Kier molecular flexibility index (Phi) is 7.63. The quantitative estimate of drug-likeness (QED) is 0.623. The van der Waals surface area contributed by atoms with Crippen molar-refractivity contribution in [1.29, 1.82) is 0 Å². The molecule has 0 N–H and O–H groups in total. The largest absolute Gasteiger partial charge is 0.467 e. The van der Waals surface area contributed by atoms with Gasteiger partial charge in [0.05, 0.1) is 18.9 Å². The molecule has 0 unspecified atom stereocenters. The SMILES string of the molecule is CC[C@H](C)N(CC(=O)N(Cc1ccco1)C[C@@H]1CCCO1)C(=O)c1ccc(F)cc1. The van der Waals surface area contributed by atoms with Crippen LogP contribution in [0.15, 0.2) is 47.1 Å². The first kappa shape index (κ1) is 22.0. The van der Waals surface area contributed by atoms with Crippen LogP contribution in [0.2, 0.25) is 0 Å². The molecule has 1 saturated heterocycles. The van der Waals surface area contributed by atoms with Gasteiger partial charge in [-0.05, 0) is 62.6 Å². The lowest BCUT2D eigenvalue weighted by molar-refractivity contribution is -0.134. The van der Waals surface area contributed by atoms with Crippen LogP contribution in [0.4, 0.5) is 4.39 Å². The first-order chi connectivity index (χ1) is 14.5. The van der Waals surface area contributed by atoms with Gasteiger partial charge in [0.15, 0.2) is 0 Å². The van der Waals surface area contributed by atoms with Crippen molar-refractivity contribution in [2.45, 2.75) is 51.8 Å². The van der Waals surface area contributed by atoms with E-state index >= 15 is 0 Å². The van der Waals surface area contributed by atoms with Gasteiger partial charge < -0.3 is 19.0 Å². The minimum atomic E-state index is -0.404. The molecule has 0 bridgehead atoms. The maximum Gasteiger partial charge on any atom is 0.254 e. The van der Waals surface area contributed by atoms with E-state index in [9.17, 15) is 14.0 Å². The van der Waals surface area contributed by atoms with E-state index in [-0.39, 0.29) is 30.5 Å². The number of amides is 2. The molecule has 0 radical (unpaired) electrons. The molecule has 0 saturated carbocycles. The van der Waals surface area contributed by atoms with E-state index in [1.54, 1.807) is 22.1 Å². The number of rotatable bonds is 9. The lowest BCUT2D eigenvalue weighted by Gasteiger charge is -2.32. The summed E-state index contributed by atoms with van der Waals surface area (Å²) < 4.78 is 24.4. The standard InChI is InChI=1S/C23H29FN2O4/c1-3-17(2)26(23(28)18-8-10-19(24)11-9-18)16-22(27)25(14-20-6-4-12-29-20)15-21-7-5-13-30-21/h4,6,8-12,17,21H,3,5,7,13-16H2,1-2H3/t17-,21-/m0/s1. The number of benzene rings is 1. The zero-order valence-electron chi connectivity index (χ0n) is 17.6. The molecule has 1 aliphatic heterocycles. The molecule has 1 aromatic heterocycles. The van der Waals surface area contributed by atoms with Crippen molar-refractivity contribution in [2.24, 2.45) is 0 Å². The fraction of sp³-hybridized carbons (Fsp3) is 0.478. The Bertz CT molecular complexity index is 816. The van der Waals surface area contributed by atoms with Crippen LogP contribution in [-0.2, 0) is 16.1 Å². The summed E-state index contributed by atoms with van der Waals surface area (Å²) in [4.78, 5) is 29.6. The van der Waals surface area contributed by atoms with Gasteiger partial charge in [-0.3, -0.25) is 9.59 Å². The second-order valence-corrected chi connectivity index (χ2v) is 7.69. The normalized spacial score (nSPS) is 17.0. The maximum absolute atomic E-state index is 13.3. The molecule has 7 heteroatoms. The second-order valence-electron chi connectivity index (χ2n) is 7.69. The summed E-state index contributed by atoms with van der Waals surface area (Å²) in [6.45, 7) is 5.30. The van der Waals surface area contributed by atoms with E-state index in [1.807, 2.05) is 19.9 Å². The van der Waals surface area contributed by atoms with Crippen LogP contribution in [-0.4, -0.2) is 53.5 Å². The monoisotopic (exact) mass is 416 g/mol. The van der Waals surface area contributed by atoms with Crippen molar-refractivity contribution in [3.8, 4) is 0 Å². The van der Waals surface area contributed by atoms with Crippen LogP contribution in [0.1, 0.15) is 49.2 Å². The van der Waals surface area contributed by atoms with Gasteiger partial charge >= 0.3 is 0 Å². The number of carbonyl (C=O) groups excluding carboxylic acids is 2. The van der Waals surface area contributed by atoms with E-state index in [2.05, 4.69) is 0 Å². The van der Waals surface area contributed by atoms with E-state index in [0.29, 0.717) is 37.4 Å². The summed E-state index contributed by atoms with van der Waals surface area (Å²) in [6.07, 6.45) is 4.16. The summed E-state index contributed by atoms with van der Waals surface area (Å²) in [5, 5.41) is 0. The molecule has 2 heterocycles. The lowest BCUT2D eigenvalue weighted by atomic mass is 10.1. The predicted octanol–water partition coefficient (Wildman–Crippen LogP) is 3.87. The van der Waals surface area contributed by atoms with Crippen molar-refractivity contribution < 1.29 is 23.1 Å². The number of ether oxygens (including phenoxy) is 1. The number of carbonyl (C=O) groups is 2. The Morgan fingerprint density at radius 2 is 2.00 bits per heavy atom. The van der Waals surface area contributed by atoms with Gasteiger partial charge in [-0.1, -0.05) is 6.92 Å². The average Bonchev–Trinajstić information content (AvgIpc) is 3.45. The summed E-state index contributed by atoms with van der Waals surface area (Å²) in [5.74, 6) is -0.175. The Labute approximate surface area is 176 Å². The highest BCUT2D eigenvalue weighted by atomic mass is 19.1. The Hall–Kier alpha value is -2.67. The van der Waals surface area contributed by atoms with Crippen LogP contribution < -0.4 is 0 Å². The fourth-order valence-corrected chi connectivity index (χ4v) is 3.53. The van der Waals surface area contributed by atoms with Gasteiger partial charge in [0, 0.05) is 24.8 Å². The molecule has 0 aliphatic carbocycles. The third-order valence-electron chi connectivity index (χ3n) is 5.51. The third-order valence-corrected chi connectivity index (χ3v) is 5.51. The van der Waals surface area contributed by atoms with Crippen molar-refractivity contribution in [1.82, 2.24) is 9.80 Å². The molecule has 1 aliphatic rings. The number of nitrogens with zero attached hydrogens (tertiary/aromatic N) is 2. The third kappa shape index (κ3) is 5.69. The van der Waals surface area contributed by atoms with E-state index in [4.69, 9.17) is 9.15 Å². The van der Waals surface area contributed by atoms with Gasteiger partial charge in [-0.2, -0.15) is 0 Å². The van der Waals surface area contributed by atoms with Crippen molar-refractivity contribution in [2.75, 3.05) is 19.7 Å². The van der Waals surface area contributed by atoms with Crippen LogP contribution in [0.25, 0.3) is 0 Å². The van der Waals surface area contributed by atoms with Gasteiger partial charge in [0.2, 0.25) is 5.91 Å². The molecule has 162 valence electrons. The van der Waals surface area contributed by atoms with Crippen molar-refractivity contribution >= 4 is 11.8 Å². The van der Waals surface area contributed by atoms with E-state index < -0.39 is 5.82 Å². The zero-order valence-corrected chi connectivity index (χ0v) is 17.6. The molecule has 2 atom stereocenters. The van der Waals surface area contributed by atoms with Crippen molar-refractivity contribution in [3.63, 3.8) is 0 Å². The number of hydrogen-bond donors (Lipinski definition) is 0. The number of halogens is 1. The van der Waals surface area contributed by atoms with Gasteiger partial charge in [0.25, 0.3) is 5.91 Å². The smallest absolute Gasteiger partial charge is 0.254 e. The average molecular weight is 416 g/mol. The van der Waals surface area contributed by atoms with E-state index in [0.717, 1.165) is 12.8 Å². The van der Waals surface area contributed by atoms with Gasteiger partial charge in [-0.25, -0.2) is 4.39 Å². The summed E-state index contributed by atoms with van der Waals surface area (Å²) in [6, 6.07) is 8.88. The molecular formula is C23H29FN2O4. The highest BCUT2D eigenvalue weighted by molar-refractivity contribution is 5.96. The lowest BCUT2D eigenvalue weighted by Crippen LogP contribution is -2.47. The fourth-order valence-electron chi connectivity index (χ4n) is 3.53. The highest BCUT2D eigenvalue weighted by Crippen LogP contribution is 2.17. The molecule has 2 aromatic rings. The molecule has 2 amide bonds. The zero-order chi connectivity index (χ0) is 21.5. The summed E-state index contributed by atoms with van der Waals surface area (Å²) in [5.41, 5.74) is 0.362. The van der Waals surface area contributed by atoms with Gasteiger partial charge in [-0.15, -0.1) is 0 Å². The molecule has 1 fully saturated rings. The number of hydrogen-bond acceptors (Lipinski definition) is 4. The Morgan fingerprint density at radius 3 is 2.60 bits per heavy atom. The minimum absolute atomic E-state index is 0.00578. The first-order valence-corrected chi connectivity index (χ1v) is 10.5. The van der Waals surface area contributed by atoms with Crippen LogP contribution in [0, 0.1) is 5.82 Å². The van der Waals surface area contributed by atoms with E-state index in [1.165, 1.54) is 24.3 Å². The molecule has 3 rings (SSSR count). The molecular weight excluding hydrogens is 387 g/mol. The topological polar surface area (TPSA) is 63.0 Å². The number of furan rings is 1. The molecule has 0 spiro atoms. The Balaban J connectivity index is 1.76. The first-order valence-electron chi connectivity index (χ1n) is 10.5. The molecule has 1 aromatic carbocycles. The summed E-state index contributed by atoms with van der Waals surface area (Å²) in [7, 11) is 0. The highest BCUT2D eigenvalue weighted by Gasteiger charge is 2.28. The van der Waals surface area contributed by atoms with Crippen LogP contribution >= 0.6 is 0 Å².